The van der Waals surface area contributed by atoms with E-state index in [0.717, 1.165) is 22.7 Å². The molecule has 1 aromatic carbocycles. The van der Waals surface area contributed by atoms with Crippen LogP contribution in [-0.2, 0) is 6.54 Å². The molecule has 1 aliphatic heterocycles. The van der Waals surface area contributed by atoms with Crippen molar-refractivity contribution in [3.8, 4) is 0 Å². The van der Waals surface area contributed by atoms with Gasteiger partial charge in [0.05, 0.1) is 0 Å². The molecule has 1 saturated heterocycles. The Bertz CT molecular complexity index is 423. The van der Waals surface area contributed by atoms with E-state index in [-0.39, 0.29) is 0 Å². The predicted octanol–water partition coefficient (Wildman–Crippen LogP) is 2.31. The number of hydrogen-bond acceptors (Lipinski definition) is 3. The fourth-order valence-electron chi connectivity index (χ4n) is 2.68. The maximum Gasteiger partial charge on any atom is 0.0371 e. The maximum absolute atomic E-state index is 6.06. The molecule has 1 heterocycles. The van der Waals surface area contributed by atoms with E-state index in [0.29, 0.717) is 0 Å². The monoisotopic (exact) mass is 309 g/mol. The Balaban J connectivity index is 1.56. The lowest BCUT2D eigenvalue weighted by atomic mass is 10.1. The first kappa shape index (κ1) is 12.5. The van der Waals surface area contributed by atoms with Crippen LogP contribution in [0.2, 0.25) is 0 Å². The van der Waals surface area contributed by atoms with Gasteiger partial charge in [0.25, 0.3) is 0 Å². The molecule has 98 valence electrons. The summed E-state index contributed by atoms with van der Waals surface area (Å²) in [7, 11) is 0. The van der Waals surface area contributed by atoms with Crippen molar-refractivity contribution in [2.45, 2.75) is 25.4 Å². The predicted molar refractivity (Wildman–Crippen MR) is 78.4 cm³/mol. The van der Waals surface area contributed by atoms with Crippen LogP contribution in [0.3, 0.4) is 0 Å². The topological polar surface area (TPSA) is 32.5 Å². The van der Waals surface area contributed by atoms with E-state index in [9.17, 15) is 0 Å². The summed E-state index contributed by atoms with van der Waals surface area (Å²) < 4.78 is 1.06. The van der Waals surface area contributed by atoms with E-state index in [4.69, 9.17) is 5.73 Å². The van der Waals surface area contributed by atoms with E-state index < -0.39 is 0 Å². The van der Waals surface area contributed by atoms with Crippen molar-refractivity contribution in [3.63, 3.8) is 0 Å². The van der Waals surface area contributed by atoms with Gasteiger partial charge in [-0.1, -0.05) is 22.0 Å². The first-order valence-corrected chi connectivity index (χ1v) is 7.52. The molecule has 0 spiro atoms. The molecule has 0 amide bonds. The van der Waals surface area contributed by atoms with Crippen LogP contribution in [0, 0.1) is 0 Å². The van der Waals surface area contributed by atoms with E-state index in [1.807, 2.05) is 6.07 Å². The third kappa shape index (κ3) is 2.87. The Morgan fingerprint density at radius 2 is 1.89 bits per heavy atom. The Morgan fingerprint density at radius 1 is 1.17 bits per heavy atom. The molecule has 0 radical (unpaired) electrons. The van der Waals surface area contributed by atoms with Crippen molar-refractivity contribution >= 4 is 21.6 Å². The molecule has 0 unspecified atom stereocenters. The highest BCUT2D eigenvalue weighted by atomic mass is 79.9. The molecule has 3 rings (SSSR count). The smallest absolute Gasteiger partial charge is 0.0371 e. The Morgan fingerprint density at radius 3 is 2.50 bits per heavy atom. The summed E-state index contributed by atoms with van der Waals surface area (Å²) in [6, 6.07) is 7.11. The lowest BCUT2D eigenvalue weighted by Gasteiger charge is -2.35. The van der Waals surface area contributed by atoms with Gasteiger partial charge in [0, 0.05) is 48.9 Å². The summed E-state index contributed by atoms with van der Waals surface area (Å²) in [6.45, 7) is 5.78. The summed E-state index contributed by atoms with van der Waals surface area (Å²) in [6.07, 6.45) is 2.83. The number of anilines is 1. The summed E-state index contributed by atoms with van der Waals surface area (Å²) >= 11 is 3.45. The molecular formula is C14H20BrN3. The average molecular weight is 310 g/mol. The molecule has 3 nitrogen and oxygen atoms in total. The van der Waals surface area contributed by atoms with Gasteiger partial charge in [0.15, 0.2) is 0 Å². The number of nitrogens with two attached hydrogens (primary N) is 1. The summed E-state index contributed by atoms with van der Waals surface area (Å²) in [5.74, 6) is 0. The van der Waals surface area contributed by atoms with Crippen LogP contribution in [-0.4, -0.2) is 42.0 Å². The highest BCUT2D eigenvalue weighted by Crippen LogP contribution is 2.28. The zero-order chi connectivity index (χ0) is 12.5. The maximum atomic E-state index is 6.06. The van der Waals surface area contributed by atoms with E-state index in [1.54, 1.807) is 0 Å². The van der Waals surface area contributed by atoms with Crippen molar-refractivity contribution in [3.05, 3.63) is 28.2 Å². The van der Waals surface area contributed by atoms with Gasteiger partial charge in [-0.2, -0.15) is 0 Å². The molecule has 2 fully saturated rings. The molecule has 1 saturated carbocycles. The largest absolute Gasteiger partial charge is 0.398 e. The van der Waals surface area contributed by atoms with E-state index in [1.165, 1.54) is 44.6 Å². The Hall–Kier alpha value is -0.580. The SMILES string of the molecule is Nc1cc(Br)ccc1CN1CCN(C2CC2)CC1. The van der Waals surface area contributed by atoms with E-state index in [2.05, 4.69) is 37.9 Å². The van der Waals surface area contributed by atoms with Crippen LogP contribution >= 0.6 is 15.9 Å². The fourth-order valence-corrected chi connectivity index (χ4v) is 3.06. The first-order valence-electron chi connectivity index (χ1n) is 6.73. The number of piperazine rings is 1. The van der Waals surface area contributed by atoms with Gasteiger partial charge in [-0.3, -0.25) is 9.80 Å². The molecule has 0 atom stereocenters. The van der Waals surface area contributed by atoms with E-state index >= 15 is 0 Å². The van der Waals surface area contributed by atoms with Gasteiger partial charge < -0.3 is 5.73 Å². The van der Waals surface area contributed by atoms with Crippen molar-refractivity contribution in [1.82, 2.24) is 9.80 Å². The number of halogens is 1. The minimum Gasteiger partial charge on any atom is -0.398 e. The van der Waals surface area contributed by atoms with Crippen LogP contribution in [0.15, 0.2) is 22.7 Å². The highest BCUT2D eigenvalue weighted by Gasteiger charge is 2.31. The van der Waals surface area contributed by atoms with Gasteiger partial charge in [0.1, 0.15) is 0 Å². The summed E-state index contributed by atoms with van der Waals surface area (Å²) in [5.41, 5.74) is 8.20. The number of hydrogen-bond donors (Lipinski definition) is 1. The number of rotatable bonds is 3. The van der Waals surface area contributed by atoms with Crippen LogP contribution in [0.1, 0.15) is 18.4 Å². The van der Waals surface area contributed by atoms with Gasteiger partial charge in [0.2, 0.25) is 0 Å². The second-order valence-corrected chi connectivity index (χ2v) is 6.30. The third-order valence-corrected chi connectivity index (χ3v) is 4.47. The Labute approximate surface area is 117 Å². The number of benzene rings is 1. The number of nitrogen functional groups attached to an aromatic ring is 1. The van der Waals surface area contributed by atoms with Crippen molar-refractivity contribution in [1.29, 1.82) is 0 Å². The zero-order valence-corrected chi connectivity index (χ0v) is 12.2. The molecule has 18 heavy (non-hydrogen) atoms. The van der Waals surface area contributed by atoms with Crippen LogP contribution in [0.25, 0.3) is 0 Å². The van der Waals surface area contributed by atoms with Gasteiger partial charge in [-0.15, -0.1) is 0 Å². The molecule has 0 aromatic heterocycles. The molecule has 1 aliphatic carbocycles. The van der Waals surface area contributed by atoms with Crippen LogP contribution in [0.5, 0.6) is 0 Å². The summed E-state index contributed by atoms with van der Waals surface area (Å²) in [5, 5.41) is 0. The molecule has 4 heteroatoms. The lowest BCUT2D eigenvalue weighted by Crippen LogP contribution is -2.46. The van der Waals surface area contributed by atoms with Crippen molar-refractivity contribution in [2.75, 3.05) is 31.9 Å². The van der Waals surface area contributed by atoms with Crippen molar-refractivity contribution in [2.24, 2.45) is 0 Å². The fraction of sp³-hybridized carbons (Fsp3) is 0.571. The number of nitrogens with zero attached hydrogens (tertiary/aromatic N) is 2. The van der Waals surface area contributed by atoms with Gasteiger partial charge in [-0.05, 0) is 30.5 Å². The Kier molecular flexibility index (Phi) is 3.59. The van der Waals surface area contributed by atoms with Crippen LogP contribution < -0.4 is 5.73 Å². The average Bonchev–Trinajstić information content (AvgIpc) is 3.18. The highest BCUT2D eigenvalue weighted by molar-refractivity contribution is 9.10. The third-order valence-electron chi connectivity index (χ3n) is 3.97. The molecule has 2 N–H and O–H groups in total. The van der Waals surface area contributed by atoms with Crippen LogP contribution in [0.4, 0.5) is 5.69 Å². The minimum absolute atomic E-state index is 0.897. The second kappa shape index (κ2) is 5.19. The molecular weight excluding hydrogens is 290 g/mol. The van der Waals surface area contributed by atoms with Gasteiger partial charge >= 0.3 is 0 Å². The quantitative estimate of drug-likeness (QED) is 0.870. The van der Waals surface area contributed by atoms with Crippen molar-refractivity contribution < 1.29 is 0 Å². The summed E-state index contributed by atoms with van der Waals surface area (Å²) in [4.78, 5) is 5.15. The van der Waals surface area contributed by atoms with Gasteiger partial charge in [-0.25, -0.2) is 0 Å². The lowest BCUT2D eigenvalue weighted by molar-refractivity contribution is 0.121. The minimum atomic E-state index is 0.897. The molecule has 0 bridgehead atoms. The first-order chi connectivity index (χ1) is 8.72. The zero-order valence-electron chi connectivity index (χ0n) is 10.6. The second-order valence-electron chi connectivity index (χ2n) is 5.39. The molecule has 2 aliphatic rings. The standard InChI is InChI=1S/C14H20BrN3/c15-12-2-1-11(14(16)9-12)10-17-5-7-18(8-6-17)13-3-4-13/h1-2,9,13H,3-8,10,16H2. The molecule has 1 aromatic rings. The normalized spacial score (nSPS) is 22.3.